The molecule has 0 amide bonds. The van der Waals surface area contributed by atoms with Crippen LogP contribution in [-0.4, -0.2) is 46.6 Å². The molecule has 1 aliphatic heterocycles. The van der Waals surface area contributed by atoms with Gasteiger partial charge in [0, 0.05) is 30.1 Å². The number of Topliss-reactive ketones (excluding diaryl/α,β-unsaturated/α-hetero) is 2. The predicted molar refractivity (Wildman–Crippen MR) is 100 cm³/mol. The highest BCUT2D eigenvalue weighted by atomic mass is 16.6. The van der Waals surface area contributed by atoms with E-state index in [1.807, 2.05) is 20.8 Å². The SMILES string of the molecule is C=C1C(=O)[C@]23O[C@@H]2[C@H]1CCC(=O)[C@@]1(C)CC[C@H](OC(C)=O)C(C)(C)[C@H]1C[C@H]3O. The highest BCUT2D eigenvalue weighted by molar-refractivity contribution is 6.08. The third-order valence-corrected chi connectivity index (χ3v) is 8.15. The van der Waals surface area contributed by atoms with Gasteiger partial charge in [0.2, 0.25) is 0 Å². The monoisotopic (exact) mass is 390 g/mol. The maximum absolute atomic E-state index is 13.3. The lowest BCUT2D eigenvalue weighted by molar-refractivity contribution is -0.174. The highest BCUT2D eigenvalue weighted by Gasteiger charge is 2.75. The fourth-order valence-electron chi connectivity index (χ4n) is 6.39. The Balaban J connectivity index is 1.74. The van der Waals surface area contributed by atoms with Gasteiger partial charge in [0.05, 0.1) is 6.10 Å². The van der Waals surface area contributed by atoms with Gasteiger partial charge in [0.1, 0.15) is 18.0 Å². The van der Waals surface area contributed by atoms with E-state index in [1.54, 1.807) is 0 Å². The number of aliphatic hydroxyl groups is 1. The molecule has 7 atom stereocenters. The molecule has 28 heavy (non-hydrogen) atoms. The van der Waals surface area contributed by atoms with E-state index in [0.717, 1.165) is 0 Å². The maximum Gasteiger partial charge on any atom is 0.302 e. The van der Waals surface area contributed by atoms with Crippen LogP contribution in [0.15, 0.2) is 12.2 Å². The minimum Gasteiger partial charge on any atom is -0.462 e. The zero-order valence-corrected chi connectivity index (χ0v) is 17.1. The average Bonchev–Trinajstić information content (AvgIpc) is 3.31. The largest absolute Gasteiger partial charge is 0.462 e. The number of ketones is 2. The van der Waals surface area contributed by atoms with Crippen LogP contribution in [0.5, 0.6) is 0 Å². The first-order valence-corrected chi connectivity index (χ1v) is 10.3. The van der Waals surface area contributed by atoms with Gasteiger partial charge in [0.15, 0.2) is 11.4 Å². The molecule has 1 heterocycles. The second-order valence-corrected chi connectivity index (χ2v) is 9.93. The van der Waals surface area contributed by atoms with Crippen LogP contribution in [0, 0.1) is 22.7 Å². The summed E-state index contributed by atoms with van der Waals surface area (Å²) in [6.07, 6.45) is 0.662. The maximum atomic E-state index is 13.3. The van der Waals surface area contributed by atoms with Crippen LogP contribution in [-0.2, 0) is 23.9 Å². The van der Waals surface area contributed by atoms with E-state index >= 15 is 0 Å². The summed E-state index contributed by atoms with van der Waals surface area (Å²) < 4.78 is 11.4. The average molecular weight is 390 g/mol. The lowest BCUT2D eigenvalue weighted by atomic mass is 9.51. The van der Waals surface area contributed by atoms with Crippen molar-refractivity contribution in [2.75, 3.05) is 0 Å². The van der Waals surface area contributed by atoms with Crippen LogP contribution >= 0.6 is 0 Å². The van der Waals surface area contributed by atoms with Gasteiger partial charge in [-0.25, -0.2) is 0 Å². The second kappa shape index (κ2) is 5.99. The molecule has 1 N–H and O–H groups in total. The number of ether oxygens (including phenoxy) is 2. The Bertz CT molecular complexity index is 769. The summed E-state index contributed by atoms with van der Waals surface area (Å²) in [7, 11) is 0. The molecule has 0 aromatic rings. The van der Waals surface area contributed by atoms with Gasteiger partial charge in [-0.2, -0.15) is 0 Å². The van der Waals surface area contributed by atoms with Crippen molar-refractivity contribution in [3.8, 4) is 0 Å². The smallest absolute Gasteiger partial charge is 0.302 e. The van der Waals surface area contributed by atoms with Crippen LogP contribution < -0.4 is 0 Å². The van der Waals surface area contributed by atoms with E-state index in [-0.39, 0.29) is 48.0 Å². The Morgan fingerprint density at radius 3 is 2.57 bits per heavy atom. The fraction of sp³-hybridized carbons (Fsp3) is 0.773. The van der Waals surface area contributed by atoms with E-state index in [9.17, 15) is 19.5 Å². The number of carbonyl (C=O) groups is 3. The zero-order chi connectivity index (χ0) is 20.6. The van der Waals surface area contributed by atoms with Crippen LogP contribution in [0.25, 0.3) is 0 Å². The first-order valence-electron chi connectivity index (χ1n) is 10.3. The molecule has 0 aromatic heterocycles. The number of rotatable bonds is 1. The first-order chi connectivity index (χ1) is 13.0. The minimum atomic E-state index is -1.19. The van der Waals surface area contributed by atoms with Crippen LogP contribution in [0.2, 0.25) is 0 Å². The van der Waals surface area contributed by atoms with Gasteiger partial charge < -0.3 is 14.6 Å². The summed E-state index contributed by atoms with van der Waals surface area (Å²) in [5, 5.41) is 11.1. The van der Waals surface area contributed by atoms with Crippen molar-refractivity contribution in [3.63, 3.8) is 0 Å². The molecule has 0 spiro atoms. The third-order valence-electron chi connectivity index (χ3n) is 8.15. The molecule has 4 fully saturated rings. The molecule has 3 saturated carbocycles. The Morgan fingerprint density at radius 1 is 1.25 bits per heavy atom. The third kappa shape index (κ3) is 2.43. The summed E-state index contributed by atoms with van der Waals surface area (Å²) in [6.45, 7) is 11.3. The molecule has 4 rings (SSSR count). The van der Waals surface area contributed by atoms with Gasteiger partial charge in [0.25, 0.3) is 0 Å². The van der Waals surface area contributed by atoms with Gasteiger partial charge in [-0.3, -0.25) is 14.4 Å². The molecular weight excluding hydrogens is 360 g/mol. The molecule has 1 saturated heterocycles. The number of carbonyl (C=O) groups excluding carboxylic acids is 3. The number of esters is 1. The number of hydrogen-bond donors (Lipinski definition) is 1. The lowest BCUT2D eigenvalue weighted by Crippen LogP contribution is -2.56. The molecule has 4 aliphatic rings. The summed E-state index contributed by atoms with van der Waals surface area (Å²) in [6, 6.07) is 0. The summed E-state index contributed by atoms with van der Waals surface area (Å²) >= 11 is 0. The molecule has 0 radical (unpaired) electrons. The quantitative estimate of drug-likeness (QED) is 0.420. The fourth-order valence-corrected chi connectivity index (χ4v) is 6.39. The van der Waals surface area contributed by atoms with E-state index in [4.69, 9.17) is 9.47 Å². The van der Waals surface area contributed by atoms with Gasteiger partial charge >= 0.3 is 5.97 Å². The summed E-state index contributed by atoms with van der Waals surface area (Å²) in [4.78, 5) is 37.8. The highest BCUT2D eigenvalue weighted by Crippen LogP contribution is 2.61. The number of fused-ring (bicyclic) bond motifs is 1. The van der Waals surface area contributed by atoms with Gasteiger partial charge in [-0.1, -0.05) is 27.4 Å². The van der Waals surface area contributed by atoms with Crippen molar-refractivity contribution in [1.82, 2.24) is 0 Å². The minimum absolute atomic E-state index is 0.152. The topological polar surface area (TPSA) is 93.2 Å². The Hall–Kier alpha value is -1.53. The van der Waals surface area contributed by atoms with E-state index in [1.165, 1.54) is 6.92 Å². The molecule has 6 heteroatoms. The standard InChI is InChI=1S/C22H30O6/c1-11-13-6-7-15(24)21(5)9-8-17(27-12(2)23)20(3,4)14(21)10-16(25)22(18(11)26)19(13)28-22/h13-14,16-17,19,25H,1,6-10H2,2-5H3/t13-,14+,16+,17-,19+,21-,22-/m0/s1. The van der Waals surface area contributed by atoms with E-state index in [2.05, 4.69) is 6.58 Å². The predicted octanol–water partition coefficient (Wildman–Crippen LogP) is 2.37. The van der Waals surface area contributed by atoms with Crippen LogP contribution in [0.4, 0.5) is 0 Å². The molecule has 3 aliphatic carbocycles. The van der Waals surface area contributed by atoms with E-state index in [0.29, 0.717) is 31.3 Å². The second-order valence-electron chi connectivity index (χ2n) is 9.93. The Kier molecular flexibility index (Phi) is 4.23. The Labute approximate surface area is 165 Å². The molecule has 0 unspecified atom stereocenters. The number of aliphatic hydroxyl groups excluding tert-OH is 1. The summed E-state index contributed by atoms with van der Waals surface area (Å²) in [5.41, 5.74) is -1.86. The van der Waals surface area contributed by atoms with Crippen molar-refractivity contribution in [1.29, 1.82) is 0 Å². The summed E-state index contributed by atoms with van der Waals surface area (Å²) in [5.74, 6) is -0.826. The number of epoxide rings is 1. The molecular formula is C22H30O6. The van der Waals surface area contributed by atoms with Gasteiger partial charge in [-0.15, -0.1) is 0 Å². The van der Waals surface area contributed by atoms with Gasteiger partial charge in [-0.05, 0) is 37.2 Å². The molecule has 0 aromatic carbocycles. The van der Waals surface area contributed by atoms with Crippen molar-refractivity contribution >= 4 is 17.5 Å². The Morgan fingerprint density at radius 2 is 1.93 bits per heavy atom. The van der Waals surface area contributed by atoms with Crippen molar-refractivity contribution in [3.05, 3.63) is 12.2 Å². The number of hydrogen-bond acceptors (Lipinski definition) is 6. The lowest BCUT2D eigenvalue weighted by Gasteiger charge is -2.54. The van der Waals surface area contributed by atoms with Crippen LogP contribution in [0.3, 0.4) is 0 Å². The first kappa shape index (κ1) is 19.8. The van der Waals surface area contributed by atoms with Crippen molar-refractivity contribution in [2.24, 2.45) is 22.7 Å². The molecule has 2 bridgehead atoms. The van der Waals surface area contributed by atoms with E-state index < -0.39 is 22.5 Å². The molecule has 6 nitrogen and oxygen atoms in total. The zero-order valence-electron chi connectivity index (χ0n) is 17.1. The normalized spacial score (nSPS) is 47.2. The molecule has 154 valence electrons. The van der Waals surface area contributed by atoms with Crippen molar-refractivity contribution < 1.29 is 29.0 Å². The van der Waals surface area contributed by atoms with Crippen molar-refractivity contribution in [2.45, 2.75) is 83.7 Å². The van der Waals surface area contributed by atoms with Crippen LogP contribution in [0.1, 0.15) is 59.8 Å².